The van der Waals surface area contributed by atoms with Crippen molar-refractivity contribution in [1.82, 2.24) is 25.2 Å². The van der Waals surface area contributed by atoms with Crippen molar-refractivity contribution in [3.8, 4) is 35.7 Å². The Morgan fingerprint density at radius 2 is 2.05 bits per heavy atom. The number of alkyl halides is 1. The zero-order valence-electron chi connectivity index (χ0n) is 24.0. The molecule has 5 heterocycles. The lowest BCUT2D eigenvalue weighted by molar-refractivity contribution is 0.107. The van der Waals surface area contributed by atoms with Gasteiger partial charge < -0.3 is 15.0 Å². The summed E-state index contributed by atoms with van der Waals surface area (Å²) < 4.78 is 52.0. The summed E-state index contributed by atoms with van der Waals surface area (Å²) in [5, 5.41) is 14.0. The van der Waals surface area contributed by atoms with Crippen LogP contribution in [0.3, 0.4) is 0 Å². The fourth-order valence-corrected chi connectivity index (χ4v) is 7.12. The molecule has 0 amide bonds. The van der Waals surface area contributed by atoms with Gasteiger partial charge in [-0.05, 0) is 30.8 Å². The molecule has 44 heavy (non-hydrogen) atoms. The van der Waals surface area contributed by atoms with Crippen LogP contribution in [0.15, 0.2) is 36.5 Å². The maximum atomic E-state index is 16.7. The molecule has 7 rings (SSSR count). The number of fused-ring (bicyclic) bond motifs is 3. The molecular weight excluding hydrogens is 567 g/mol. The van der Waals surface area contributed by atoms with Crippen LogP contribution < -0.4 is 15.0 Å². The van der Waals surface area contributed by atoms with Gasteiger partial charge in [-0.1, -0.05) is 30.2 Å². The van der Waals surface area contributed by atoms with Gasteiger partial charge in [0.2, 0.25) is 0 Å². The summed E-state index contributed by atoms with van der Waals surface area (Å²) in [6.45, 7) is 3.01. The summed E-state index contributed by atoms with van der Waals surface area (Å²) in [5.74, 6) is 1.55. The Morgan fingerprint density at radius 3 is 2.89 bits per heavy atom. The largest absolute Gasteiger partial charge is 0.461 e. The molecule has 0 unspecified atom stereocenters. The van der Waals surface area contributed by atoms with Gasteiger partial charge in [-0.15, -0.1) is 6.42 Å². The average molecular weight is 598 g/mol. The summed E-state index contributed by atoms with van der Waals surface area (Å²) in [6, 6.07) is 10.2. The molecule has 3 atom stereocenters. The molecule has 0 bridgehead atoms. The molecule has 0 saturated carbocycles. The monoisotopic (exact) mass is 597 g/mol. The molecule has 224 valence electrons. The van der Waals surface area contributed by atoms with Crippen molar-refractivity contribution in [2.45, 2.75) is 43.4 Å². The predicted molar refractivity (Wildman–Crippen MR) is 161 cm³/mol. The minimum absolute atomic E-state index is 0.00315. The van der Waals surface area contributed by atoms with Crippen LogP contribution in [0.1, 0.15) is 31.2 Å². The highest BCUT2D eigenvalue weighted by atomic mass is 19.1. The lowest BCUT2D eigenvalue weighted by Gasteiger charge is -2.34. The van der Waals surface area contributed by atoms with E-state index in [1.165, 1.54) is 12.3 Å². The number of anilines is 1. The highest BCUT2D eigenvalue weighted by molar-refractivity contribution is 6.02. The number of ether oxygens (including phenoxy) is 1. The number of benzene rings is 2. The number of hydrogen-bond donors (Lipinski definition) is 1. The molecule has 8 nitrogen and oxygen atoms in total. The molecule has 4 aromatic rings. The quantitative estimate of drug-likeness (QED) is 0.319. The number of piperazine rings is 1. The first-order valence-electron chi connectivity index (χ1n) is 14.8. The number of hydrogen-bond acceptors (Lipinski definition) is 8. The first kappa shape index (κ1) is 28.3. The van der Waals surface area contributed by atoms with Gasteiger partial charge in [0.05, 0.1) is 29.0 Å². The van der Waals surface area contributed by atoms with Crippen molar-refractivity contribution in [1.29, 1.82) is 5.26 Å². The molecule has 3 aliphatic heterocycles. The van der Waals surface area contributed by atoms with Crippen LogP contribution in [0.4, 0.5) is 19.0 Å². The van der Waals surface area contributed by atoms with Crippen LogP contribution in [0, 0.1) is 35.3 Å². The van der Waals surface area contributed by atoms with Crippen LogP contribution in [0.25, 0.3) is 32.9 Å². The van der Waals surface area contributed by atoms with Gasteiger partial charge >= 0.3 is 6.01 Å². The molecule has 3 saturated heterocycles. The SMILES string of the molecule is C#Cc1c(F)ccc2cccc(-c3ncc4c(N5CCN[C@@H](CC#N)C5)nc(OC[C@@]56CCCN5C[C@H](F)C6)nc4c3F)c12. The van der Waals surface area contributed by atoms with E-state index in [-0.39, 0.29) is 35.4 Å². The van der Waals surface area contributed by atoms with Crippen molar-refractivity contribution in [3.63, 3.8) is 0 Å². The van der Waals surface area contributed by atoms with E-state index >= 15 is 4.39 Å². The number of nitriles is 1. The summed E-state index contributed by atoms with van der Waals surface area (Å²) in [6.07, 6.45) is 8.71. The van der Waals surface area contributed by atoms with Gasteiger partial charge in [0.25, 0.3) is 0 Å². The third-order valence-electron chi connectivity index (χ3n) is 9.16. The highest BCUT2D eigenvalue weighted by Gasteiger charge is 2.49. The van der Waals surface area contributed by atoms with Gasteiger partial charge in [0.15, 0.2) is 5.82 Å². The molecule has 11 heteroatoms. The first-order chi connectivity index (χ1) is 21.4. The minimum Gasteiger partial charge on any atom is -0.461 e. The lowest BCUT2D eigenvalue weighted by atomic mass is 9.95. The molecule has 0 radical (unpaired) electrons. The van der Waals surface area contributed by atoms with E-state index in [1.54, 1.807) is 24.3 Å². The molecule has 3 aliphatic rings. The second kappa shape index (κ2) is 11.2. The highest BCUT2D eigenvalue weighted by Crippen LogP contribution is 2.41. The van der Waals surface area contributed by atoms with Crippen LogP contribution in [-0.4, -0.2) is 76.9 Å². The smallest absolute Gasteiger partial charge is 0.319 e. The maximum absolute atomic E-state index is 16.7. The first-order valence-corrected chi connectivity index (χ1v) is 14.8. The van der Waals surface area contributed by atoms with Crippen LogP contribution in [0.2, 0.25) is 0 Å². The fourth-order valence-electron chi connectivity index (χ4n) is 7.12. The average Bonchev–Trinajstić information content (AvgIpc) is 3.56. The minimum atomic E-state index is -0.922. The summed E-state index contributed by atoms with van der Waals surface area (Å²) >= 11 is 0. The Labute approximate surface area is 252 Å². The van der Waals surface area contributed by atoms with Crippen molar-refractivity contribution in [2.24, 2.45) is 0 Å². The molecule has 3 fully saturated rings. The normalized spacial score (nSPS) is 23.5. The zero-order valence-corrected chi connectivity index (χ0v) is 24.0. The second-order valence-corrected chi connectivity index (χ2v) is 11.8. The lowest BCUT2D eigenvalue weighted by Crippen LogP contribution is -2.51. The van der Waals surface area contributed by atoms with Gasteiger partial charge in [-0.2, -0.15) is 15.2 Å². The Balaban J connectivity index is 1.36. The topological polar surface area (TPSA) is 90.2 Å². The van der Waals surface area contributed by atoms with E-state index in [0.717, 1.165) is 19.4 Å². The maximum Gasteiger partial charge on any atom is 0.319 e. The van der Waals surface area contributed by atoms with E-state index in [0.29, 0.717) is 66.6 Å². The van der Waals surface area contributed by atoms with Gasteiger partial charge in [-0.3, -0.25) is 9.88 Å². The molecule has 0 spiro atoms. The zero-order chi connectivity index (χ0) is 30.4. The van der Waals surface area contributed by atoms with Crippen molar-refractivity contribution in [2.75, 3.05) is 44.2 Å². The van der Waals surface area contributed by atoms with Gasteiger partial charge in [-0.25, -0.2) is 13.2 Å². The number of terminal acetylenes is 1. The number of halogens is 3. The van der Waals surface area contributed by atoms with Gasteiger partial charge in [0.1, 0.15) is 35.6 Å². The number of rotatable bonds is 6. The predicted octanol–water partition coefficient (Wildman–Crippen LogP) is 4.75. The fraction of sp³-hybridized carbons (Fsp3) is 0.394. The third kappa shape index (κ3) is 4.77. The van der Waals surface area contributed by atoms with Crippen molar-refractivity contribution in [3.05, 3.63) is 53.7 Å². The number of nitrogens with one attached hydrogen (secondary N) is 1. The van der Waals surface area contributed by atoms with E-state index in [2.05, 4.69) is 32.2 Å². The van der Waals surface area contributed by atoms with E-state index < -0.39 is 23.3 Å². The molecular formula is C33H30F3N7O. The number of aromatic nitrogens is 3. The van der Waals surface area contributed by atoms with E-state index in [4.69, 9.17) is 16.1 Å². The summed E-state index contributed by atoms with van der Waals surface area (Å²) in [4.78, 5) is 17.9. The molecule has 0 aliphatic carbocycles. The van der Waals surface area contributed by atoms with Gasteiger partial charge in [0, 0.05) is 55.8 Å². The van der Waals surface area contributed by atoms with Crippen LogP contribution in [0.5, 0.6) is 6.01 Å². The van der Waals surface area contributed by atoms with E-state index in [9.17, 15) is 14.0 Å². The standard InChI is InChI=1S/C33H30F3N7O/c1-2-23-26(35)8-7-20-5-3-6-24(27(20)23)29-28(36)30-25(16-39-29)31(42-14-12-38-22(18-42)9-11-37)41-32(40-30)44-19-33-10-4-13-43(33)17-21(34)15-33/h1,3,5-8,16,21-22,38H,4,9-10,12-15,17-19H2/t21-,22+,33+/m1/s1. The van der Waals surface area contributed by atoms with E-state index in [1.807, 2.05) is 4.90 Å². The Morgan fingerprint density at radius 1 is 1.16 bits per heavy atom. The third-order valence-corrected chi connectivity index (χ3v) is 9.16. The van der Waals surface area contributed by atoms with Crippen LogP contribution >= 0.6 is 0 Å². The van der Waals surface area contributed by atoms with Crippen molar-refractivity contribution >= 4 is 27.5 Å². The number of pyridine rings is 1. The number of nitrogens with zero attached hydrogens (tertiary/aromatic N) is 6. The van der Waals surface area contributed by atoms with Crippen molar-refractivity contribution < 1.29 is 17.9 Å². The Hall–Kier alpha value is -4.45. The Kier molecular flexibility index (Phi) is 7.23. The summed E-state index contributed by atoms with van der Waals surface area (Å²) in [7, 11) is 0. The Bertz CT molecular complexity index is 1850. The summed E-state index contributed by atoms with van der Waals surface area (Å²) in [5.41, 5.74) is -0.101. The molecule has 1 N–H and O–H groups in total. The molecule has 2 aromatic heterocycles. The second-order valence-electron chi connectivity index (χ2n) is 11.8. The molecule has 2 aromatic carbocycles. The van der Waals surface area contributed by atoms with Crippen LogP contribution in [-0.2, 0) is 0 Å².